The summed E-state index contributed by atoms with van der Waals surface area (Å²) in [6.45, 7) is 28.0. The quantitative estimate of drug-likeness (QED) is 0.177. The minimum Gasteiger partial charge on any atom is -0.333 e. The average molecular weight is 645 g/mol. The molecule has 0 bridgehead atoms. The third kappa shape index (κ3) is 5.50. The van der Waals surface area contributed by atoms with Gasteiger partial charge in [0.1, 0.15) is 0 Å². The maximum atomic E-state index is 2.64. The first-order valence-electron chi connectivity index (χ1n) is 18.1. The van der Waals surface area contributed by atoms with Gasteiger partial charge in [-0.3, -0.25) is 0 Å². The molecule has 250 valence electrons. The zero-order valence-corrected chi connectivity index (χ0v) is 31.8. The Morgan fingerprint density at radius 3 is 1.49 bits per heavy atom. The Hall–Kier alpha value is -4.24. The lowest BCUT2D eigenvalue weighted by Gasteiger charge is -2.50. The van der Waals surface area contributed by atoms with Gasteiger partial charge in [0.15, 0.2) is 0 Å². The SMILES string of the molecule is Cc1cc2c3c(c1)N(C(C)(C)c1ccccc1)c1ccc(C(C)(C)C)cc1B3c1cc(C(C)(C)C)ccc1N2c1ccc(C(C)(C)C)cc1. The fraction of sp³-hybridized carbons (Fsp3) is 0.348. The van der Waals surface area contributed by atoms with Gasteiger partial charge in [-0.15, -0.1) is 0 Å². The first-order valence-corrected chi connectivity index (χ1v) is 18.1. The minimum absolute atomic E-state index is 0.0245. The predicted molar refractivity (Wildman–Crippen MR) is 215 cm³/mol. The van der Waals surface area contributed by atoms with Crippen LogP contribution in [0.1, 0.15) is 104 Å². The van der Waals surface area contributed by atoms with Crippen molar-refractivity contribution in [1.29, 1.82) is 0 Å². The minimum atomic E-state index is -0.307. The van der Waals surface area contributed by atoms with Gasteiger partial charge in [-0.05, 0) is 118 Å². The van der Waals surface area contributed by atoms with E-state index in [1.54, 1.807) is 0 Å². The van der Waals surface area contributed by atoms with E-state index in [1.165, 1.54) is 72.6 Å². The number of anilines is 5. The molecular formula is C46H53BN2. The highest BCUT2D eigenvalue weighted by Crippen LogP contribution is 2.47. The molecule has 2 aliphatic rings. The average Bonchev–Trinajstić information content (AvgIpc) is 3.03. The standard InChI is InChI=1S/C46H53BN2/c1-30-26-40-42-41(27-30)49(46(11,12)32-16-14-13-15-17-32)39-25-21-34(45(8,9)10)29-37(39)47(42)36-28-33(44(5,6)7)20-24-38(36)48(40)35-22-18-31(19-23-35)43(2,3)4/h13-29H,1-12H3. The number of fused-ring (bicyclic) bond motifs is 4. The van der Waals surface area contributed by atoms with E-state index in [0.29, 0.717) is 0 Å². The topological polar surface area (TPSA) is 6.48 Å². The summed E-state index contributed by atoms with van der Waals surface area (Å²) in [5.74, 6) is 0. The van der Waals surface area contributed by atoms with Gasteiger partial charge in [-0.25, -0.2) is 0 Å². The molecule has 0 saturated carbocycles. The molecule has 0 N–H and O–H groups in total. The second-order valence-corrected chi connectivity index (χ2v) is 18.1. The van der Waals surface area contributed by atoms with Gasteiger partial charge in [0, 0.05) is 28.4 Å². The first kappa shape index (κ1) is 33.3. The van der Waals surface area contributed by atoms with Gasteiger partial charge in [0.25, 0.3) is 6.71 Å². The zero-order chi connectivity index (χ0) is 35.3. The second-order valence-electron chi connectivity index (χ2n) is 18.1. The molecule has 0 saturated heterocycles. The molecule has 0 amide bonds. The van der Waals surface area contributed by atoms with Crippen molar-refractivity contribution in [2.45, 2.75) is 105 Å². The van der Waals surface area contributed by atoms with Crippen LogP contribution in [0.5, 0.6) is 0 Å². The molecule has 2 aliphatic heterocycles. The molecule has 5 aromatic rings. The van der Waals surface area contributed by atoms with Crippen LogP contribution in [0.4, 0.5) is 28.4 Å². The number of nitrogens with zero attached hydrogens (tertiary/aromatic N) is 2. The third-order valence-electron chi connectivity index (χ3n) is 11.0. The number of hydrogen-bond acceptors (Lipinski definition) is 2. The Morgan fingerprint density at radius 1 is 0.449 bits per heavy atom. The lowest BCUT2D eigenvalue weighted by molar-refractivity contribution is 0.536. The van der Waals surface area contributed by atoms with E-state index in [4.69, 9.17) is 0 Å². The summed E-state index contributed by atoms with van der Waals surface area (Å²) in [5.41, 5.74) is 17.0. The van der Waals surface area contributed by atoms with Crippen molar-refractivity contribution in [3.63, 3.8) is 0 Å². The molecule has 49 heavy (non-hydrogen) atoms. The van der Waals surface area contributed by atoms with Crippen molar-refractivity contribution in [2.24, 2.45) is 0 Å². The molecule has 0 atom stereocenters. The molecule has 2 heterocycles. The van der Waals surface area contributed by atoms with E-state index < -0.39 is 0 Å². The fourth-order valence-electron chi connectivity index (χ4n) is 8.04. The van der Waals surface area contributed by atoms with Crippen molar-refractivity contribution in [3.8, 4) is 0 Å². The molecule has 0 radical (unpaired) electrons. The summed E-state index contributed by atoms with van der Waals surface area (Å²) >= 11 is 0. The van der Waals surface area contributed by atoms with E-state index in [2.05, 4.69) is 196 Å². The molecule has 3 heteroatoms. The highest BCUT2D eigenvalue weighted by atomic mass is 15.2. The van der Waals surface area contributed by atoms with Gasteiger partial charge < -0.3 is 9.80 Å². The summed E-state index contributed by atoms with van der Waals surface area (Å²) in [5, 5.41) is 0. The van der Waals surface area contributed by atoms with Crippen molar-refractivity contribution < 1.29 is 0 Å². The van der Waals surface area contributed by atoms with Crippen LogP contribution in [0, 0.1) is 6.92 Å². The lowest BCUT2D eigenvalue weighted by atomic mass is 9.33. The van der Waals surface area contributed by atoms with Gasteiger partial charge in [0.05, 0.1) is 5.54 Å². The summed E-state index contributed by atoms with van der Waals surface area (Å²) in [7, 11) is 0. The van der Waals surface area contributed by atoms with Crippen LogP contribution < -0.4 is 26.2 Å². The Balaban J connectivity index is 1.59. The van der Waals surface area contributed by atoms with Crippen molar-refractivity contribution >= 4 is 51.5 Å². The highest BCUT2D eigenvalue weighted by Gasteiger charge is 2.47. The molecule has 0 aliphatic carbocycles. The largest absolute Gasteiger partial charge is 0.333 e. The van der Waals surface area contributed by atoms with E-state index in [9.17, 15) is 0 Å². The second kappa shape index (κ2) is 11.1. The normalized spacial score (nSPS) is 14.4. The van der Waals surface area contributed by atoms with Crippen LogP contribution >= 0.6 is 0 Å². The van der Waals surface area contributed by atoms with Crippen molar-refractivity contribution in [3.05, 3.63) is 131 Å². The zero-order valence-electron chi connectivity index (χ0n) is 31.8. The summed E-state index contributed by atoms with van der Waals surface area (Å²) in [4.78, 5) is 5.19. The lowest BCUT2D eigenvalue weighted by Crippen LogP contribution is -2.63. The number of aryl methyl sites for hydroxylation is 1. The van der Waals surface area contributed by atoms with E-state index in [0.717, 1.165) is 0 Å². The van der Waals surface area contributed by atoms with Crippen LogP contribution in [-0.4, -0.2) is 6.71 Å². The van der Waals surface area contributed by atoms with E-state index in [1.807, 2.05) is 0 Å². The monoisotopic (exact) mass is 644 g/mol. The van der Waals surface area contributed by atoms with E-state index in [-0.39, 0.29) is 28.5 Å². The van der Waals surface area contributed by atoms with Gasteiger partial charge >= 0.3 is 0 Å². The highest BCUT2D eigenvalue weighted by molar-refractivity contribution is 7.00. The van der Waals surface area contributed by atoms with Gasteiger partial charge in [-0.1, -0.05) is 129 Å². The molecule has 2 nitrogen and oxygen atoms in total. The van der Waals surface area contributed by atoms with E-state index >= 15 is 0 Å². The molecule has 7 rings (SSSR count). The first-order chi connectivity index (χ1) is 22.9. The smallest absolute Gasteiger partial charge is 0.252 e. The maximum Gasteiger partial charge on any atom is 0.252 e. The third-order valence-corrected chi connectivity index (χ3v) is 11.0. The molecule has 5 aromatic carbocycles. The Labute approximate surface area is 296 Å². The molecule has 0 aromatic heterocycles. The van der Waals surface area contributed by atoms with Crippen LogP contribution in [0.2, 0.25) is 0 Å². The molecule has 0 spiro atoms. The van der Waals surface area contributed by atoms with Crippen molar-refractivity contribution in [2.75, 3.05) is 9.80 Å². The molecule has 0 fully saturated rings. The van der Waals surface area contributed by atoms with Crippen molar-refractivity contribution in [1.82, 2.24) is 0 Å². The summed E-state index contributed by atoms with van der Waals surface area (Å²) in [6.07, 6.45) is 0. The fourth-order valence-corrected chi connectivity index (χ4v) is 8.04. The Morgan fingerprint density at radius 2 is 0.939 bits per heavy atom. The van der Waals surface area contributed by atoms with Gasteiger partial charge in [-0.2, -0.15) is 0 Å². The predicted octanol–water partition coefficient (Wildman–Crippen LogP) is 10.6. The molecule has 0 unspecified atom stereocenters. The van der Waals surface area contributed by atoms with Gasteiger partial charge in [0.2, 0.25) is 0 Å². The van der Waals surface area contributed by atoms with Crippen LogP contribution in [0.25, 0.3) is 0 Å². The Bertz CT molecular complexity index is 2050. The van der Waals surface area contributed by atoms with Crippen LogP contribution in [0.3, 0.4) is 0 Å². The Kier molecular flexibility index (Phi) is 7.56. The number of rotatable bonds is 3. The number of hydrogen-bond donors (Lipinski definition) is 0. The summed E-state index contributed by atoms with van der Waals surface area (Å²) in [6, 6.07) is 39.8. The maximum absolute atomic E-state index is 2.64. The molecular weight excluding hydrogens is 591 g/mol. The number of benzene rings is 5. The summed E-state index contributed by atoms with van der Waals surface area (Å²) < 4.78 is 0. The van der Waals surface area contributed by atoms with Crippen LogP contribution in [0.15, 0.2) is 103 Å². The van der Waals surface area contributed by atoms with Crippen LogP contribution in [-0.2, 0) is 21.8 Å².